The van der Waals surface area contributed by atoms with Crippen molar-refractivity contribution in [1.29, 1.82) is 0 Å². The summed E-state index contributed by atoms with van der Waals surface area (Å²) < 4.78 is 0. The highest BCUT2D eigenvalue weighted by molar-refractivity contribution is 5.99. The van der Waals surface area contributed by atoms with E-state index in [4.69, 9.17) is 0 Å². The van der Waals surface area contributed by atoms with Gasteiger partial charge < -0.3 is 15.2 Å². The molecule has 0 spiro atoms. The second kappa shape index (κ2) is 5.64. The lowest BCUT2D eigenvalue weighted by molar-refractivity contribution is 0.0848. The molecule has 1 aromatic heterocycles. The summed E-state index contributed by atoms with van der Waals surface area (Å²) in [4.78, 5) is 22.6. The molecule has 0 saturated carbocycles. The number of H-pyrrole nitrogens is 1. The van der Waals surface area contributed by atoms with E-state index in [9.17, 15) is 4.79 Å². The van der Waals surface area contributed by atoms with Gasteiger partial charge in [-0.2, -0.15) is 0 Å². The minimum Gasteiger partial charge on any atom is -0.366 e. The zero-order valence-corrected chi connectivity index (χ0v) is 14.7. The number of aromatic nitrogens is 2. The van der Waals surface area contributed by atoms with Crippen LogP contribution in [0, 0.1) is 12.3 Å². The van der Waals surface area contributed by atoms with Crippen molar-refractivity contribution in [1.82, 2.24) is 15.3 Å². The van der Waals surface area contributed by atoms with E-state index in [0.29, 0.717) is 11.9 Å². The Bertz CT molecular complexity index is 741. The molecule has 5 heteroatoms. The average Bonchev–Trinajstić information content (AvgIpc) is 2.88. The Morgan fingerprint density at radius 2 is 2.09 bits per heavy atom. The van der Waals surface area contributed by atoms with Crippen LogP contribution in [0.3, 0.4) is 0 Å². The molecule has 3 rings (SSSR count). The van der Waals surface area contributed by atoms with Crippen LogP contribution in [0.25, 0.3) is 11.0 Å². The highest BCUT2D eigenvalue weighted by atomic mass is 16.1. The molecular formula is C18H26N4O. The molecule has 1 fully saturated rings. The van der Waals surface area contributed by atoms with Crippen molar-refractivity contribution in [2.24, 2.45) is 5.41 Å². The maximum atomic E-state index is 12.4. The predicted octanol–water partition coefficient (Wildman–Crippen LogP) is 2.90. The Kier molecular flexibility index (Phi) is 3.92. The third kappa shape index (κ3) is 2.98. The average molecular weight is 314 g/mol. The normalized spacial score (nSPS) is 19.3. The van der Waals surface area contributed by atoms with Gasteiger partial charge in [-0.05, 0) is 31.5 Å². The van der Waals surface area contributed by atoms with Gasteiger partial charge in [0.2, 0.25) is 5.78 Å². The van der Waals surface area contributed by atoms with Crippen molar-refractivity contribution in [3.05, 3.63) is 23.5 Å². The lowest BCUT2D eigenvalue weighted by Gasteiger charge is -2.36. The maximum Gasteiger partial charge on any atom is 0.203 e. The summed E-state index contributed by atoms with van der Waals surface area (Å²) >= 11 is 0. The molecule has 2 aromatic rings. The van der Waals surface area contributed by atoms with Crippen LogP contribution in [0.2, 0.25) is 0 Å². The van der Waals surface area contributed by atoms with Crippen LogP contribution in [0.1, 0.15) is 43.9 Å². The van der Waals surface area contributed by atoms with E-state index < -0.39 is 5.41 Å². The molecule has 1 aliphatic heterocycles. The molecule has 2 heterocycles. The highest BCUT2D eigenvalue weighted by Crippen LogP contribution is 2.29. The van der Waals surface area contributed by atoms with Crippen LogP contribution in [0.15, 0.2) is 12.1 Å². The summed E-state index contributed by atoms with van der Waals surface area (Å²) in [5.41, 5.74) is 3.79. The van der Waals surface area contributed by atoms with E-state index in [1.54, 1.807) is 0 Å². The molecule has 1 saturated heterocycles. The Hall–Kier alpha value is -1.88. The topological polar surface area (TPSA) is 61.0 Å². The van der Waals surface area contributed by atoms with Gasteiger partial charge in [-0.25, -0.2) is 4.98 Å². The smallest absolute Gasteiger partial charge is 0.203 e. The molecule has 0 amide bonds. The number of aromatic amines is 1. The molecule has 5 nitrogen and oxygen atoms in total. The largest absolute Gasteiger partial charge is 0.366 e. The van der Waals surface area contributed by atoms with Crippen LogP contribution in [-0.2, 0) is 0 Å². The minimum absolute atomic E-state index is 0.0449. The molecule has 0 bridgehead atoms. The van der Waals surface area contributed by atoms with E-state index >= 15 is 0 Å². The van der Waals surface area contributed by atoms with Gasteiger partial charge in [0, 0.05) is 36.8 Å². The third-order valence-corrected chi connectivity index (χ3v) is 4.51. The van der Waals surface area contributed by atoms with Gasteiger partial charge in [0.25, 0.3) is 0 Å². The number of piperazine rings is 1. The first-order valence-corrected chi connectivity index (χ1v) is 8.30. The number of carbonyl (C=O) groups excluding carboxylic acids is 1. The Labute approximate surface area is 137 Å². The zero-order chi connectivity index (χ0) is 16.8. The fraction of sp³-hybridized carbons (Fsp3) is 0.556. The van der Waals surface area contributed by atoms with Crippen molar-refractivity contribution in [2.75, 3.05) is 24.5 Å². The van der Waals surface area contributed by atoms with Crippen LogP contribution in [-0.4, -0.2) is 41.4 Å². The molecule has 1 aromatic carbocycles. The monoisotopic (exact) mass is 314 g/mol. The molecule has 0 aliphatic carbocycles. The number of carbonyl (C=O) groups is 1. The summed E-state index contributed by atoms with van der Waals surface area (Å²) in [6.07, 6.45) is 0. The molecule has 0 radical (unpaired) electrons. The van der Waals surface area contributed by atoms with E-state index in [1.807, 2.05) is 20.8 Å². The maximum absolute atomic E-state index is 12.4. The fourth-order valence-electron chi connectivity index (χ4n) is 3.12. The van der Waals surface area contributed by atoms with E-state index in [0.717, 1.165) is 30.7 Å². The zero-order valence-electron chi connectivity index (χ0n) is 14.7. The Morgan fingerprint density at radius 3 is 2.74 bits per heavy atom. The number of hydrogen-bond acceptors (Lipinski definition) is 4. The molecule has 1 aliphatic rings. The van der Waals surface area contributed by atoms with Crippen molar-refractivity contribution in [2.45, 2.75) is 40.7 Å². The Balaban J connectivity index is 2.02. The van der Waals surface area contributed by atoms with E-state index in [-0.39, 0.29) is 5.78 Å². The minimum atomic E-state index is -0.432. The van der Waals surface area contributed by atoms with Crippen LogP contribution in [0.4, 0.5) is 5.69 Å². The standard InChI is InChI=1S/C18H26N4O/c1-11-8-13-14(21-17(20-13)16(23)18(3,4)5)9-15(11)22-7-6-19-10-12(22)2/h8-9,12,19H,6-7,10H2,1-5H3,(H,20,21). The number of imidazole rings is 1. The van der Waals surface area contributed by atoms with Gasteiger partial charge in [0.05, 0.1) is 11.0 Å². The molecule has 23 heavy (non-hydrogen) atoms. The van der Waals surface area contributed by atoms with Crippen LogP contribution < -0.4 is 10.2 Å². The number of nitrogens with one attached hydrogen (secondary N) is 2. The van der Waals surface area contributed by atoms with Crippen molar-refractivity contribution in [3.8, 4) is 0 Å². The highest BCUT2D eigenvalue weighted by Gasteiger charge is 2.26. The van der Waals surface area contributed by atoms with Gasteiger partial charge >= 0.3 is 0 Å². The van der Waals surface area contributed by atoms with E-state index in [1.165, 1.54) is 11.3 Å². The number of aryl methyl sites for hydroxylation is 1. The second-order valence-electron chi connectivity index (χ2n) is 7.57. The number of hydrogen-bond donors (Lipinski definition) is 2. The molecule has 1 atom stereocenters. The summed E-state index contributed by atoms with van der Waals surface area (Å²) in [7, 11) is 0. The van der Waals surface area contributed by atoms with E-state index in [2.05, 4.69) is 46.2 Å². The predicted molar refractivity (Wildman–Crippen MR) is 94.3 cm³/mol. The quantitative estimate of drug-likeness (QED) is 0.837. The van der Waals surface area contributed by atoms with Gasteiger partial charge in [-0.3, -0.25) is 4.79 Å². The number of Topliss-reactive ketones (excluding diaryl/α,β-unsaturated/α-hetero) is 1. The molecule has 1 unspecified atom stereocenters. The lowest BCUT2D eigenvalue weighted by Crippen LogP contribution is -2.50. The van der Waals surface area contributed by atoms with Crippen molar-refractivity contribution < 1.29 is 4.79 Å². The molecular weight excluding hydrogens is 288 g/mol. The number of ketones is 1. The SMILES string of the molecule is Cc1cc2nc(C(=O)C(C)(C)C)[nH]c2cc1N1CCNCC1C. The molecule has 2 N–H and O–H groups in total. The first-order valence-electron chi connectivity index (χ1n) is 8.30. The number of fused-ring (bicyclic) bond motifs is 1. The lowest BCUT2D eigenvalue weighted by atomic mass is 9.90. The van der Waals surface area contributed by atoms with Crippen LogP contribution >= 0.6 is 0 Å². The number of rotatable bonds is 2. The molecule has 124 valence electrons. The van der Waals surface area contributed by atoms with Gasteiger partial charge in [0.1, 0.15) is 0 Å². The fourth-order valence-corrected chi connectivity index (χ4v) is 3.12. The Morgan fingerprint density at radius 1 is 1.35 bits per heavy atom. The number of nitrogens with zero attached hydrogens (tertiary/aromatic N) is 2. The van der Waals surface area contributed by atoms with Crippen LogP contribution in [0.5, 0.6) is 0 Å². The first-order chi connectivity index (χ1) is 10.8. The van der Waals surface area contributed by atoms with Gasteiger partial charge in [-0.1, -0.05) is 20.8 Å². The summed E-state index contributed by atoms with van der Waals surface area (Å²) in [5.74, 6) is 0.501. The summed E-state index contributed by atoms with van der Waals surface area (Å²) in [6.45, 7) is 13.1. The van der Waals surface area contributed by atoms with Gasteiger partial charge in [-0.15, -0.1) is 0 Å². The number of benzene rings is 1. The third-order valence-electron chi connectivity index (χ3n) is 4.51. The van der Waals surface area contributed by atoms with Crippen molar-refractivity contribution >= 4 is 22.5 Å². The van der Waals surface area contributed by atoms with Gasteiger partial charge in [0.15, 0.2) is 5.82 Å². The van der Waals surface area contributed by atoms with Crippen molar-refractivity contribution in [3.63, 3.8) is 0 Å². The number of anilines is 1. The summed E-state index contributed by atoms with van der Waals surface area (Å²) in [6, 6.07) is 4.67. The second-order valence-corrected chi connectivity index (χ2v) is 7.57. The first kappa shape index (κ1) is 16.0. The summed E-state index contributed by atoms with van der Waals surface area (Å²) in [5, 5.41) is 3.42.